The van der Waals surface area contributed by atoms with Crippen LogP contribution < -0.4 is 5.32 Å². The van der Waals surface area contributed by atoms with E-state index in [-0.39, 0.29) is 24.6 Å². The molecule has 2 aromatic carbocycles. The van der Waals surface area contributed by atoms with Crippen LogP contribution in [0.4, 0.5) is 10.1 Å². The molecule has 1 N–H and O–H groups in total. The third-order valence-corrected chi connectivity index (χ3v) is 4.82. The lowest BCUT2D eigenvalue weighted by Gasteiger charge is -2.32. The van der Waals surface area contributed by atoms with E-state index in [1.54, 1.807) is 37.3 Å². The summed E-state index contributed by atoms with van der Waals surface area (Å²) in [5.74, 6) is -2.09. The summed E-state index contributed by atoms with van der Waals surface area (Å²) >= 11 is 0. The highest BCUT2D eigenvalue weighted by Crippen LogP contribution is 2.22. The number of esters is 1. The second-order valence-corrected chi connectivity index (χ2v) is 6.86. The Labute approximate surface area is 168 Å². The average molecular weight is 398 g/mol. The molecule has 0 aliphatic carbocycles. The first-order chi connectivity index (χ1) is 14.0. The smallest absolute Gasteiger partial charge is 0.338 e. The zero-order valence-electron chi connectivity index (χ0n) is 16.2. The molecule has 1 aliphatic heterocycles. The molecule has 29 heavy (non-hydrogen) atoms. The van der Waals surface area contributed by atoms with Crippen molar-refractivity contribution in [2.45, 2.75) is 19.8 Å². The molecule has 152 valence electrons. The summed E-state index contributed by atoms with van der Waals surface area (Å²) in [5, 5.41) is 2.80. The number of nitrogens with one attached hydrogen (secondary N) is 1. The van der Waals surface area contributed by atoms with Gasteiger partial charge in [-0.25, -0.2) is 9.18 Å². The van der Waals surface area contributed by atoms with Crippen molar-refractivity contribution in [2.24, 2.45) is 5.92 Å². The van der Waals surface area contributed by atoms with Crippen LogP contribution in [-0.4, -0.2) is 42.4 Å². The molecule has 3 rings (SSSR count). The highest BCUT2D eigenvalue weighted by atomic mass is 19.1. The van der Waals surface area contributed by atoms with Gasteiger partial charge in [0.05, 0.1) is 23.7 Å². The van der Waals surface area contributed by atoms with Crippen molar-refractivity contribution in [3.63, 3.8) is 0 Å². The van der Waals surface area contributed by atoms with Gasteiger partial charge in [0.1, 0.15) is 5.82 Å². The van der Waals surface area contributed by atoms with Crippen molar-refractivity contribution in [3.8, 4) is 0 Å². The number of nitrogens with zero attached hydrogens (tertiary/aromatic N) is 1. The number of carbonyl (C=O) groups excluding carboxylic acids is 3. The number of anilines is 1. The number of benzene rings is 2. The Morgan fingerprint density at radius 3 is 2.72 bits per heavy atom. The summed E-state index contributed by atoms with van der Waals surface area (Å²) in [6.07, 6.45) is 1.28. The van der Waals surface area contributed by atoms with Crippen LogP contribution in [-0.2, 0) is 9.53 Å². The van der Waals surface area contributed by atoms with E-state index in [1.165, 1.54) is 23.1 Å². The lowest BCUT2D eigenvalue weighted by Crippen LogP contribution is -2.44. The molecule has 0 spiro atoms. The Bertz CT molecular complexity index is 915. The van der Waals surface area contributed by atoms with Crippen molar-refractivity contribution in [3.05, 3.63) is 65.5 Å². The normalized spacial score (nSPS) is 16.2. The number of rotatable bonds is 5. The molecular weight excluding hydrogens is 375 g/mol. The molecule has 1 saturated heterocycles. The molecule has 1 aliphatic rings. The largest absolute Gasteiger partial charge is 0.462 e. The summed E-state index contributed by atoms with van der Waals surface area (Å²) in [5.41, 5.74) is 0.846. The quantitative estimate of drug-likeness (QED) is 0.783. The molecule has 1 heterocycles. The summed E-state index contributed by atoms with van der Waals surface area (Å²) in [6.45, 7) is 2.69. The number of carbonyl (C=O) groups is 3. The van der Waals surface area contributed by atoms with Crippen LogP contribution in [0.1, 0.15) is 40.5 Å². The molecule has 0 unspecified atom stereocenters. The molecule has 1 atom stereocenters. The monoisotopic (exact) mass is 398 g/mol. The maximum atomic E-state index is 13.9. The van der Waals surface area contributed by atoms with Gasteiger partial charge in [-0.3, -0.25) is 9.59 Å². The van der Waals surface area contributed by atoms with Crippen molar-refractivity contribution in [1.29, 1.82) is 0 Å². The highest BCUT2D eigenvalue weighted by Gasteiger charge is 2.30. The fourth-order valence-corrected chi connectivity index (χ4v) is 3.36. The van der Waals surface area contributed by atoms with Crippen LogP contribution >= 0.6 is 0 Å². The lowest BCUT2D eigenvalue weighted by molar-refractivity contribution is -0.121. The highest BCUT2D eigenvalue weighted by molar-refractivity contribution is 5.97. The summed E-state index contributed by atoms with van der Waals surface area (Å²) in [4.78, 5) is 38.7. The van der Waals surface area contributed by atoms with Gasteiger partial charge in [0.15, 0.2) is 0 Å². The Kier molecular flexibility index (Phi) is 6.59. The molecule has 2 amide bonds. The first kappa shape index (κ1) is 20.5. The topological polar surface area (TPSA) is 75.7 Å². The number of likely N-dealkylation sites (tertiary alicyclic amines) is 1. The Balaban J connectivity index is 1.66. The van der Waals surface area contributed by atoms with E-state index in [0.29, 0.717) is 30.6 Å². The number of piperidine rings is 1. The van der Waals surface area contributed by atoms with Crippen molar-refractivity contribution in [2.75, 3.05) is 25.0 Å². The predicted molar refractivity (Wildman–Crippen MR) is 106 cm³/mol. The summed E-state index contributed by atoms with van der Waals surface area (Å²) in [7, 11) is 0. The average Bonchev–Trinajstić information content (AvgIpc) is 2.74. The van der Waals surface area contributed by atoms with Gasteiger partial charge in [-0.15, -0.1) is 0 Å². The Morgan fingerprint density at radius 2 is 1.97 bits per heavy atom. The predicted octanol–water partition coefficient (Wildman–Crippen LogP) is 3.49. The SMILES string of the molecule is CCOC(=O)c1cccc(NC(=O)[C@H]2CCCN(C(=O)c3ccccc3F)C2)c1. The summed E-state index contributed by atoms with van der Waals surface area (Å²) < 4.78 is 18.9. The number of amides is 2. The van der Waals surface area contributed by atoms with Crippen LogP contribution in [0.15, 0.2) is 48.5 Å². The minimum absolute atomic E-state index is 0.00990. The van der Waals surface area contributed by atoms with Crippen LogP contribution in [0.25, 0.3) is 0 Å². The molecule has 0 saturated carbocycles. The minimum Gasteiger partial charge on any atom is -0.462 e. The fourth-order valence-electron chi connectivity index (χ4n) is 3.36. The summed E-state index contributed by atoms with van der Waals surface area (Å²) in [6, 6.07) is 12.4. The number of hydrogen-bond donors (Lipinski definition) is 1. The van der Waals surface area contributed by atoms with E-state index >= 15 is 0 Å². The van der Waals surface area contributed by atoms with E-state index in [2.05, 4.69) is 5.32 Å². The van der Waals surface area contributed by atoms with Crippen LogP contribution in [0.2, 0.25) is 0 Å². The zero-order valence-corrected chi connectivity index (χ0v) is 16.2. The number of hydrogen-bond acceptors (Lipinski definition) is 4. The third-order valence-electron chi connectivity index (χ3n) is 4.82. The number of halogens is 1. The van der Waals surface area contributed by atoms with Gasteiger partial charge in [-0.2, -0.15) is 0 Å². The molecule has 0 bridgehead atoms. The molecule has 7 heteroatoms. The van der Waals surface area contributed by atoms with Crippen LogP contribution in [0.3, 0.4) is 0 Å². The van der Waals surface area contributed by atoms with Crippen molar-refractivity contribution in [1.82, 2.24) is 4.90 Å². The first-order valence-electron chi connectivity index (χ1n) is 9.61. The van der Waals surface area contributed by atoms with Crippen LogP contribution in [0.5, 0.6) is 0 Å². The van der Waals surface area contributed by atoms with Crippen LogP contribution in [0, 0.1) is 11.7 Å². The van der Waals surface area contributed by atoms with Gasteiger partial charge in [0, 0.05) is 18.8 Å². The fraction of sp³-hybridized carbons (Fsp3) is 0.318. The van der Waals surface area contributed by atoms with Crippen molar-refractivity contribution < 1.29 is 23.5 Å². The van der Waals surface area contributed by atoms with Gasteiger partial charge in [0.25, 0.3) is 5.91 Å². The van der Waals surface area contributed by atoms with E-state index < -0.39 is 23.6 Å². The van der Waals surface area contributed by atoms with Crippen molar-refractivity contribution >= 4 is 23.5 Å². The van der Waals surface area contributed by atoms with E-state index in [9.17, 15) is 18.8 Å². The Hall–Kier alpha value is -3.22. The third kappa shape index (κ3) is 4.99. The van der Waals surface area contributed by atoms with Gasteiger partial charge >= 0.3 is 5.97 Å². The van der Waals surface area contributed by atoms with E-state index in [0.717, 1.165) is 0 Å². The maximum Gasteiger partial charge on any atom is 0.338 e. The molecular formula is C22H23FN2O4. The second kappa shape index (κ2) is 9.32. The van der Waals surface area contributed by atoms with E-state index in [4.69, 9.17) is 4.74 Å². The number of ether oxygens (including phenoxy) is 1. The standard InChI is InChI=1S/C22H23FN2O4/c1-2-29-22(28)15-7-5-9-17(13-15)24-20(26)16-8-6-12-25(14-16)21(27)18-10-3-4-11-19(18)23/h3-5,7,9-11,13,16H,2,6,8,12,14H2,1H3,(H,24,26)/t16-/m0/s1. The Morgan fingerprint density at radius 1 is 1.17 bits per heavy atom. The molecule has 2 aromatic rings. The van der Waals surface area contributed by atoms with Gasteiger partial charge in [-0.05, 0) is 50.1 Å². The molecule has 1 fully saturated rings. The van der Waals surface area contributed by atoms with Gasteiger partial charge in [0.2, 0.25) is 5.91 Å². The van der Waals surface area contributed by atoms with E-state index in [1.807, 2.05) is 0 Å². The van der Waals surface area contributed by atoms with Gasteiger partial charge in [-0.1, -0.05) is 18.2 Å². The lowest BCUT2D eigenvalue weighted by atomic mass is 9.96. The molecule has 6 nitrogen and oxygen atoms in total. The zero-order chi connectivity index (χ0) is 20.8. The molecule has 0 radical (unpaired) electrons. The molecule has 0 aromatic heterocycles. The maximum absolute atomic E-state index is 13.9. The second-order valence-electron chi connectivity index (χ2n) is 6.86. The van der Waals surface area contributed by atoms with Gasteiger partial charge < -0.3 is 15.0 Å². The minimum atomic E-state index is -0.570. The first-order valence-corrected chi connectivity index (χ1v) is 9.61.